The zero-order valence-corrected chi connectivity index (χ0v) is 15.1. The second-order valence-corrected chi connectivity index (χ2v) is 6.03. The zero-order valence-electron chi connectivity index (χ0n) is 14.3. The minimum atomic E-state index is -0.122. The number of benzene rings is 1. The van der Waals surface area contributed by atoms with E-state index in [9.17, 15) is 4.79 Å². The maximum atomic E-state index is 13.0. The number of ether oxygens (including phenoxy) is 1. The average molecular weight is 363 g/mol. The van der Waals surface area contributed by atoms with Crippen molar-refractivity contribution in [2.75, 3.05) is 13.7 Å². The highest BCUT2D eigenvalue weighted by atomic mass is 35.5. The zero-order chi connectivity index (χ0) is 18.0. The number of carbonyl (C=O) groups excluding carboxylic acids is 1. The molecule has 0 saturated carbocycles. The minimum Gasteiger partial charge on any atom is -0.377 e. The Labute approximate surface area is 150 Å². The molecule has 0 atom stereocenters. The first kappa shape index (κ1) is 17.4. The average Bonchev–Trinajstić information content (AvgIpc) is 3.17. The van der Waals surface area contributed by atoms with Crippen molar-refractivity contribution in [1.29, 1.82) is 0 Å². The number of para-hydroxylation sites is 1. The Hall–Kier alpha value is -2.38. The number of carbonyl (C=O) groups is 1. The highest BCUT2D eigenvalue weighted by Crippen LogP contribution is 2.27. The van der Waals surface area contributed by atoms with Gasteiger partial charge in [0.2, 0.25) is 5.89 Å². The summed E-state index contributed by atoms with van der Waals surface area (Å²) in [6.07, 6.45) is 0. The fourth-order valence-electron chi connectivity index (χ4n) is 2.77. The van der Waals surface area contributed by atoms with Crippen molar-refractivity contribution in [1.82, 2.24) is 19.6 Å². The molecular weight excluding hydrogens is 344 g/mol. The molecule has 0 aliphatic carbocycles. The Morgan fingerprint density at radius 2 is 2.24 bits per heavy atom. The first-order valence-corrected chi connectivity index (χ1v) is 8.26. The lowest BCUT2D eigenvalue weighted by atomic mass is 10.2. The normalized spacial score (nSPS) is 11.2. The Balaban J connectivity index is 1.87. The van der Waals surface area contributed by atoms with Crippen LogP contribution in [0.3, 0.4) is 0 Å². The molecule has 3 aromatic rings. The Bertz CT molecular complexity index is 903. The summed E-state index contributed by atoms with van der Waals surface area (Å²) in [7, 11) is 3.39. The molecule has 0 bridgehead atoms. The minimum absolute atomic E-state index is 0.122. The quantitative estimate of drug-likeness (QED) is 0.674. The molecule has 0 unspecified atom stereocenters. The fourth-order valence-corrected chi connectivity index (χ4v) is 3.08. The summed E-state index contributed by atoms with van der Waals surface area (Å²) in [6, 6.07) is 7.46. The molecule has 25 heavy (non-hydrogen) atoms. The molecule has 8 heteroatoms. The third-order valence-electron chi connectivity index (χ3n) is 4.00. The molecule has 1 amide bonds. The molecule has 0 fully saturated rings. The number of hydrogen-bond donors (Lipinski definition) is 0. The first-order valence-electron chi connectivity index (χ1n) is 7.88. The maximum absolute atomic E-state index is 13.0. The van der Waals surface area contributed by atoms with Gasteiger partial charge in [0.25, 0.3) is 5.91 Å². The van der Waals surface area contributed by atoms with Crippen LogP contribution in [0.15, 0.2) is 28.8 Å². The van der Waals surface area contributed by atoms with Gasteiger partial charge in [-0.3, -0.25) is 4.79 Å². The molecule has 2 aromatic heterocycles. The number of aryl methyl sites for hydroxylation is 1. The summed E-state index contributed by atoms with van der Waals surface area (Å²) in [5.74, 6) is 0.709. The van der Waals surface area contributed by atoms with E-state index in [1.165, 1.54) is 0 Å². The molecule has 0 aliphatic rings. The van der Waals surface area contributed by atoms with Crippen LogP contribution in [0.4, 0.5) is 0 Å². The monoisotopic (exact) mass is 362 g/mol. The lowest BCUT2D eigenvalue weighted by Gasteiger charge is -2.19. The lowest BCUT2D eigenvalue weighted by molar-refractivity contribution is 0.0725. The maximum Gasteiger partial charge on any atom is 0.270 e. The first-order chi connectivity index (χ1) is 12.0. The van der Waals surface area contributed by atoms with Crippen LogP contribution >= 0.6 is 11.6 Å². The largest absolute Gasteiger partial charge is 0.377 e. The van der Waals surface area contributed by atoms with Crippen LogP contribution in [-0.2, 0) is 24.9 Å². The number of hydrogen-bond acceptors (Lipinski definition) is 5. The lowest BCUT2D eigenvalue weighted by Crippen LogP contribution is -2.31. The number of nitrogens with zero attached hydrogens (tertiary/aromatic N) is 4. The van der Waals surface area contributed by atoms with Crippen molar-refractivity contribution < 1.29 is 14.1 Å². The second kappa shape index (κ2) is 7.25. The van der Waals surface area contributed by atoms with Crippen LogP contribution in [0, 0.1) is 0 Å². The molecule has 0 saturated heterocycles. The van der Waals surface area contributed by atoms with Crippen molar-refractivity contribution >= 4 is 28.4 Å². The Morgan fingerprint density at radius 1 is 1.44 bits per heavy atom. The summed E-state index contributed by atoms with van der Waals surface area (Å²) in [5.41, 5.74) is 1.39. The molecule has 3 rings (SSSR count). The van der Waals surface area contributed by atoms with E-state index in [2.05, 4.69) is 10.1 Å². The van der Waals surface area contributed by atoms with Gasteiger partial charge in [0.1, 0.15) is 18.8 Å². The van der Waals surface area contributed by atoms with Crippen molar-refractivity contribution in [3.05, 3.63) is 46.7 Å². The van der Waals surface area contributed by atoms with E-state index < -0.39 is 0 Å². The SMILES string of the molecule is CCN(Cc1nc(COC)no1)C(=O)c1cc2cccc(Cl)c2n1C. The van der Waals surface area contributed by atoms with E-state index in [4.69, 9.17) is 20.9 Å². The van der Waals surface area contributed by atoms with E-state index in [0.717, 1.165) is 10.9 Å². The molecule has 1 aromatic carbocycles. The topological polar surface area (TPSA) is 73.4 Å². The van der Waals surface area contributed by atoms with E-state index in [1.54, 1.807) is 12.0 Å². The predicted octanol–water partition coefficient (Wildman–Crippen LogP) is 3.02. The van der Waals surface area contributed by atoms with Crippen molar-refractivity contribution in [3.8, 4) is 0 Å². The van der Waals surface area contributed by atoms with Crippen LogP contribution in [0.1, 0.15) is 29.1 Å². The van der Waals surface area contributed by atoms with Crippen LogP contribution in [0.5, 0.6) is 0 Å². The van der Waals surface area contributed by atoms with Crippen LogP contribution < -0.4 is 0 Å². The fraction of sp³-hybridized carbons (Fsp3) is 0.353. The van der Waals surface area contributed by atoms with Gasteiger partial charge in [0, 0.05) is 26.1 Å². The number of methoxy groups -OCH3 is 1. The molecule has 7 nitrogen and oxygen atoms in total. The molecule has 132 valence electrons. The second-order valence-electron chi connectivity index (χ2n) is 5.62. The highest BCUT2D eigenvalue weighted by molar-refractivity contribution is 6.35. The van der Waals surface area contributed by atoms with Crippen molar-refractivity contribution in [3.63, 3.8) is 0 Å². The molecule has 0 aliphatic heterocycles. The summed E-state index contributed by atoms with van der Waals surface area (Å²) in [6.45, 7) is 2.92. The number of fused-ring (bicyclic) bond motifs is 1. The van der Waals surface area contributed by atoms with Crippen LogP contribution in [0.2, 0.25) is 5.02 Å². The summed E-state index contributed by atoms with van der Waals surface area (Å²) >= 11 is 6.27. The molecule has 2 heterocycles. The summed E-state index contributed by atoms with van der Waals surface area (Å²) in [5, 5.41) is 5.36. The van der Waals surface area contributed by atoms with Gasteiger partial charge in [0.15, 0.2) is 5.82 Å². The third kappa shape index (κ3) is 3.38. The number of aromatic nitrogens is 3. The van der Waals surface area contributed by atoms with Gasteiger partial charge in [-0.05, 0) is 19.1 Å². The van der Waals surface area contributed by atoms with Crippen LogP contribution in [0.25, 0.3) is 10.9 Å². The standard InChI is InChI=1S/C17H19ClN4O3/c1-4-22(9-15-19-14(10-24-3)20-25-15)17(23)13-8-11-6-5-7-12(18)16(11)21(13)2/h5-8H,4,9-10H2,1-3H3. The van der Waals surface area contributed by atoms with Crippen molar-refractivity contribution in [2.24, 2.45) is 7.05 Å². The van der Waals surface area contributed by atoms with Gasteiger partial charge in [-0.1, -0.05) is 28.9 Å². The molecule has 0 radical (unpaired) electrons. The Kier molecular flexibility index (Phi) is 5.06. The van der Waals surface area contributed by atoms with E-state index in [-0.39, 0.29) is 19.1 Å². The van der Waals surface area contributed by atoms with Crippen molar-refractivity contribution in [2.45, 2.75) is 20.1 Å². The van der Waals surface area contributed by atoms with E-state index in [1.807, 2.05) is 42.8 Å². The van der Waals surface area contributed by atoms with E-state index >= 15 is 0 Å². The summed E-state index contributed by atoms with van der Waals surface area (Å²) < 4.78 is 12.0. The van der Waals surface area contributed by atoms with Gasteiger partial charge in [0.05, 0.1) is 10.5 Å². The number of rotatable bonds is 6. The Morgan fingerprint density at radius 3 is 2.92 bits per heavy atom. The number of halogens is 1. The van der Waals surface area contributed by atoms with Gasteiger partial charge in [-0.2, -0.15) is 4.98 Å². The van der Waals surface area contributed by atoms with Gasteiger partial charge in [-0.25, -0.2) is 0 Å². The smallest absolute Gasteiger partial charge is 0.270 e. The summed E-state index contributed by atoms with van der Waals surface area (Å²) in [4.78, 5) is 18.8. The third-order valence-corrected chi connectivity index (χ3v) is 4.31. The molecular formula is C17H19ClN4O3. The van der Waals surface area contributed by atoms with Gasteiger partial charge in [-0.15, -0.1) is 0 Å². The molecule has 0 spiro atoms. The van der Waals surface area contributed by atoms with E-state index in [0.29, 0.717) is 29.0 Å². The van der Waals surface area contributed by atoms with Gasteiger partial charge < -0.3 is 18.7 Å². The van der Waals surface area contributed by atoms with Crippen LogP contribution in [-0.4, -0.2) is 39.2 Å². The number of amides is 1. The van der Waals surface area contributed by atoms with Gasteiger partial charge >= 0.3 is 0 Å². The predicted molar refractivity (Wildman–Crippen MR) is 93.4 cm³/mol. The molecule has 0 N–H and O–H groups in total. The highest BCUT2D eigenvalue weighted by Gasteiger charge is 2.22.